The molecule has 0 saturated carbocycles. The number of piperazine rings is 1. The highest BCUT2D eigenvalue weighted by Crippen LogP contribution is 2.45. The quantitative estimate of drug-likeness (QED) is 0.660. The molecule has 3 aliphatic rings. The van der Waals surface area contributed by atoms with Gasteiger partial charge in [0.25, 0.3) is 0 Å². The Morgan fingerprint density at radius 1 is 1.16 bits per heavy atom. The number of benzene rings is 2. The van der Waals surface area contributed by atoms with Gasteiger partial charge >= 0.3 is 0 Å². The molecular weight excluding hydrogens is 490 g/mol. The van der Waals surface area contributed by atoms with Gasteiger partial charge in [-0.2, -0.15) is 5.26 Å². The van der Waals surface area contributed by atoms with E-state index in [1.165, 1.54) is 0 Å². The largest absolute Gasteiger partial charge is 0.378 e. The highest BCUT2D eigenvalue weighted by molar-refractivity contribution is 5.98. The van der Waals surface area contributed by atoms with Crippen LogP contribution in [0.25, 0.3) is 0 Å². The number of anilines is 1. The van der Waals surface area contributed by atoms with E-state index in [2.05, 4.69) is 37.4 Å². The Kier molecular flexibility index (Phi) is 8.20. The van der Waals surface area contributed by atoms with Crippen molar-refractivity contribution >= 4 is 29.9 Å². The summed E-state index contributed by atoms with van der Waals surface area (Å²) in [5.74, 6) is -0.00640. The van der Waals surface area contributed by atoms with Gasteiger partial charge in [0, 0.05) is 49.9 Å². The van der Waals surface area contributed by atoms with E-state index in [1.54, 1.807) is 0 Å². The fourth-order valence-corrected chi connectivity index (χ4v) is 5.71. The highest BCUT2D eigenvalue weighted by Gasteiger charge is 2.44. The molecule has 37 heavy (non-hydrogen) atoms. The van der Waals surface area contributed by atoms with Crippen LogP contribution in [-0.4, -0.2) is 86.2 Å². The number of fused-ring (bicyclic) bond motifs is 1. The third kappa shape index (κ3) is 5.23. The van der Waals surface area contributed by atoms with Crippen molar-refractivity contribution < 1.29 is 14.3 Å². The van der Waals surface area contributed by atoms with E-state index in [4.69, 9.17) is 4.74 Å². The number of carbonyl (C=O) groups excluding carboxylic acids is 2. The van der Waals surface area contributed by atoms with Gasteiger partial charge in [-0.15, -0.1) is 12.4 Å². The minimum Gasteiger partial charge on any atom is -0.378 e. The molecule has 0 radical (unpaired) electrons. The lowest BCUT2D eigenvalue weighted by molar-refractivity contribution is -0.142. The molecule has 2 amide bonds. The van der Waals surface area contributed by atoms with Crippen molar-refractivity contribution in [3.05, 3.63) is 65.2 Å². The van der Waals surface area contributed by atoms with Gasteiger partial charge in [-0.1, -0.05) is 36.4 Å². The average molecular weight is 524 g/mol. The SMILES string of the molecule is C[C@@H]1CN(CC(=O)N2CC(C)(c3ccccc3)c3ccc(C#N)cc32)[C@@H](C(=O)N2CCOCC2)CN1.Cl. The molecule has 1 unspecified atom stereocenters. The van der Waals surface area contributed by atoms with Crippen molar-refractivity contribution in [3.8, 4) is 6.07 Å². The number of nitrogens with zero attached hydrogens (tertiary/aromatic N) is 4. The second-order valence-electron chi connectivity index (χ2n) is 10.2. The number of morpholine rings is 1. The lowest BCUT2D eigenvalue weighted by Crippen LogP contribution is -2.63. The minimum absolute atomic E-state index is 0. The summed E-state index contributed by atoms with van der Waals surface area (Å²) in [6.07, 6.45) is 0. The minimum atomic E-state index is -0.392. The van der Waals surface area contributed by atoms with E-state index >= 15 is 0 Å². The molecule has 2 saturated heterocycles. The lowest BCUT2D eigenvalue weighted by Gasteiger charge is -2.41. The molecule has 0 spiro atoms. The second kappa shape index (κ2) is 11.2. The summed E-state index contributed by atoms with van der Waals surface area (Å²) in [6.45, 7) is 8.25. The van der Waals surface area contributed by atoms with Gasteiger partial charge in [-0.05, 0) is 37.1 Å². The van der Waals surface area contributed by atoms with Crippen LogP contribution in [0.15, 0.2) is 48.5 Å². The van der Waals surface area contributed by atoms with Crippen LogP contribution in [0, 0.1) is 11.3 Å². The Morgan fingerprint density at radius 2 is 1.89 bits per heavy atom. The smallest absolute Gasteiger partial charge is 0.241 e. The molecule has 8 nitrogen and oxygen atoms in total. The first-order valence-electron chi connectivity index (χ1n) is 12.6. The Bertz CT molecular complexity index is 1180. The maximum Gasteiger partial charge on any atom is 0.241 e. The molecule has 0 aliphatic carbocycles. The lowest BCUT2D eigenvalue weighted by atomic mass is 9.78. The molecule has 9 heteroatoms. The molecular formula is C28H34ClN5O3. The first-order valence-corrected chi connectivity index (χ1v) is 12.6. The van der Waals surface area contributed by atoms with Gasteiger partial charge in [0.05, 0.1) is 31.4 Å². The summed E-state index contributed by atoms with van der Waals surface area (Å²) in [6, 6.07) is 17.8. The normalized spacial score (nSPS) is 25.6. The van der Waals surface area contributed by atoms with Crippen molar-refractivity contribution in [2.24, 2.45) is 0 Å². The van der Waals surface area contributed by atoms with Crippen molar-refractivity contribution in [1.82, 2.24) is 15.1 Å². The number of hydrogen-bond acceptors (Lipinski definition) is 6. The Balaban J connectivity index is 0.00000320. The number of carbonyl (C=O) groups is 2. The van der Waals surface area contributed by atoms with Crippen LogP contribution in [0.1, 0.15) is 30.5 Å². The van der Waals surface area contributed by atoms with Crippen LogP contribution >= 0.6 is 12.4 Å². The van der Waals surface area contributed by atoms with Gasteiger partial charge in [0.15, 0.2) is 0 Å². The first-order chi connectivity index (χ1) is 17.4. The highest BCUT2D eigenvalue weighted by atomic mass is 35.5. The molecule has 3 aliphatic heterocycles. The van der Waals surface area contributed by atoms with Gasteiger partial charge < -0.3 is 19.9 Å². The van der Waals surface area contributed by atoms with Crippen LogP contribution in [0.2, 0.25) is 0 Å². The van der Waals surface area contributed by atoms with E-state index < -0.39 is 6.04 Å². The number of nitrogens with one attached hydrogen (secondary N) is 1. The van der Waals surface area contributed by atoms with E-state index in [1.807, 2.05) is 51.1 Å². The zero-order valence-corrected chi connectivity index (χ0v) is 22.2. The summed E-state index contributed by atoms with van der Waals surface area (Å²) < 4.78 is 5.41. The summed E-state index contributed by atoms with van der Waals surface area (Å²) in [5.41, 5.74) is 3.09. The maximum atomic E-state index is 13.9. The maximum absolute atomic E-state index is 13.9. The van der Waals surface area contributed by atoms with Crippen molar-refractivity contribution in [1.29, 1.82) is 5.26 Å². The van der Waals surface area contributed by atoms with E-state index in [0.717, 1.165) is 16.8 Å². The van der Waals surface area contributed by atoms with Crippen molar-refractivity contribution in [3.63, 3.8) is 0 Å². The molecule has 3 atom stereocenters. The van der Waals surface area contributed by atoms with Crippen molar-refractivity contribution in [2.45, 2.75) is 31.3 Å². The number of ether oxygens (including phenoxy) is 1. The fraction of sp³-hybridized carbons (Fsp3) is 0.464. The van der Waals surface area contributed by atoms with Crippen molar-refractivity contribution in [2.75, 3.05) is 57.4 Å². The van der Waals surface area contributed by atoms with Crippen LogP contribution < -0.4 is 10.2 Å². The van der Waals surface area contributed by atoms with E-state index in [-0.39, 0.29) is 42.2 Å². The van der Waals surface area contributed by atoms with E-state index in [0.29, 0.717) is 51.5 Å². The van der Waals surface area contributed by atoms with Crippen LogP contribution in [0.3, 0.4) is 0 Å². The summed E-state index contributed by atoms with van der Waals surface area (Å²) >= 11 is 0. The van der Waals surface area contributed by atoms with Gasteiger partial charge in [0.2, 0.25) is 11.8 Å². The average Bonchev–Trinajstić information content (AvgIpc) is 3.22. The predicted molar refractivity (Wildman–Crippen MR) is 144 cm³/mol. The molecule has 2 aromatic carbocycles. The van der Waals surface area contributed by atoms with Crippen LogP contribution in [-0.2, 0) is 19.7 Å². The Morgan fingerprint density at radius 3 is 2.59 bits per heavy atom. The standard InChI is InChI=1S/C28H33N5O3.ClH/c1-20-17-32(25(16-30-20)27(35)31-10-12-36-13-11-31)18-26(34)33-19-28(2,22-6-4-3-5-7-22)23-9-8-21(15-29)14-24(23)33;/h3-9,14,20,25,30H,10-13,16-19H2,1-2H3;1H/t20-,25-,28?;/m1./s1. The fourth-order valence-electron chi connectivity index (χ4n) is 5.71. The molecule has 0 bridgehead atoms. The van der Waals surface area contributed by atoms with Crippen LogP contribution in [0.5, 0.6) is 0 Å². The molecule has 5 rings (SSSR count). The topological polar surface area (TPSA) is 88.9 Å². The molecule has 2 fully saturated rings. The third-order valence-electron chi connectivity index (χ3n) is 7.75. The first kappa shape index (κ1) is 27.1. The van der Waals surface area contributed by atoms with Gasteiger partial charge in [0.1, 0.15) is 6.04 Å². The molecule has 2 aromatic rings. The monoisotopic (exact) mass is 523 g/mol. The third-order valence-corrected chi connectivity index (χ3v) is 7.75. The summed E-state index contributed by atoms with van der Waals surface area (Å²) in [5, 5.41) is 12.9. The Hall–Kier alpha value is -2.96. The predicted octanol–water partition coefficient (Wildman–Crippen LogP) is 2.15. The molecule has 1 N–H and O–H groups in total. The summed E-state index contributed by atoms with van der Waals surface area (Å²) in [4.78, 5) is 32.9. The zero-order valence-electron chi connectivity index (χ0n) is 21.4. The number of nitriles is 1. The molecule has 3 heterocycles. The number of amides is 2. The molecule has 196 valence electrons. The van der Waals surface area contributed by atoms with Crippen LogP contribution in [0.4, 0.5) is 5.69 Å². The number of rotatable bonds is 4. The second-order valence-corrected chi connectivity index (χ2v) is 10.2. The number of hydrogen-bond donors (Lipinski definition) is 1. The van der Waals surface area contributed by atoms with Gasteiger partial charge in [-0.3, -0.25) is 14.5 Å². The Labute approximate surface area is 224 Å². The molecule has 0 aromatic heterocycles. The number of halogens is 1. The van der Waals surface area contributed by atoms with E-state index in [9.17, 15) is 14.9 Å². The zero-order chi connectivity index (χ0) is 25.3. The summed E-state index contributed by atoms with van der Waals surface area (Å²) in [7, 11) is 0. The van der Waals surface area contributed by atoms with Gasteiger partial charge in [-0.25, -0.2) is 0 Å².